The smallest absolute Gasteiger partial charge is 0.166 e. The van der Waals surface area contributed by atoms with Crippen molar-refractivity contribution in [3.63, 3.8) is 0 Å². The van der Waals surface area contributed by atoms with Gasteiger partial charge in [-0.1, -0.05) is 80.4 Å². The summed E-state index contributed by atoms with van der Waals surface area (Å²) in [5.41, 5.74) is 3.67. The van der Waals surface area contributed by atoms with Crippen LogP contribution in [-0.4, -0.2) is 0 Å². The molecule has 4 rings (SSSR count). The molecule has 0 aliphatic heterocycles. The van der Waals surface area contributed by atoms with Gasteiger partial charge in [-0.25, -0.2) is 13.2 Å². The van der Waals surface area contributed by atoms with E-state index in [2.05, 4.69) is 6.92 Å². The molecule has 0 heterocycles. The lowest BCUT2D eigenvalue weighted by atomic mass is 9.77. The Morgan fingerprint density at radius 3 is 2.21 bits per heavy atom. The van der Waals surface area contributed by atoms with E-state index in [-0.39, 0.29) is 17.3 Å². The number of benzene rings is 3. The Kier molecular flexibility index (Phi) is 7.37. The van der Waals surface area contributed by atoms with Crippen molar-refractivity contribution in [2.45, 2.75) is 58.3 Å². The molecule has 0 spiro atoms. The SMILES string of the molecule is CCCC1CCC(c2ccc(-c3ccc(C=Cc4ccc(C)cc4F)cc3)c(F)c2F)CC1. The van der Waals surface area contributed by atoms with E-state index < -0.39 is 11.6 Å². The third-order valence-corrected chi connectivity index (χ3v) is 6.93. The molecule has 1 aliphatic rings. The highest BCUT2D eigenvalue weighted by Crippen LogP contribution is 2.40. The van der Waals surface area contributed by atoms with Crippen molar-refractivity contribution in [3.8, 4) is 11.1 Å². The van der Waals surface area contributed by atoms with Gasteiger partial charge in [0.05, 0.1) is 0 Å². The maximum Gasteiger partial charge on any atom is 0.166 e. The van der Waals surface area contributed by atoms with Gasteiger partial charge in [-0.3, -0.25) is 0 Å². The first kappa shape index (κ1) is 23.4. The molecule has 172 valence electrons. The van der Waals surface area contributed by atoms with Gasteiger partial charge in [-0.05, 0) is 72.8 Å². The molecule has 0 nitrogen and oxygen atoms in total. The van der Waals surface area contributed by atoms with Crippen LogP contribution in [0.15, 0.2) is 54.6 Å². The summed E-state index contributed by atoms with van der Waals surface area (Å²) in [7, 11) is 0. The number of hydrogen-bond acceptors (Lipinski definition) is 0. The molecule has 0 aromatic heterocycles. The molecule has 3 heteroatoms. The molecule has 1 fully saturated rings. The van der Waals surface area contributed by atoms with E-state index >= 15 is 8.78 Å². The Morgan fingerprint density at radius 1 is 0.818 bits per heavy atom. The minimum atomic E-state index is -0.770. The summed E-state index contributed by atoms with van der Waals surface area (Å²) >= 11 is 0. The summed E-state index contributed by atoms with van der Waals surface area (Å²) in [4.78, 5) is 0. The van der Waals surface area contributed by atoms with Gasteiger partial charge in [0.25, 0.3) is 0 Å². The van der Waals surface area contributed by atoms with Crippen molar-refractivity contribution < 1.29 is 13.2 Å². The Hall–Kier alpha value is -2.81. The van der Waals surface area contributed by atoms with Crippen molar-refractivity contribution in [3.05, 3.63) is 94.3 Å². The number of hydrogen-bond donors (Lipinski definition) is 0. The largest absolute Gasteiger partial charge is 0.206 e. The van der Waals surface area contributed by atoms with Crippen molar-refractivity contribution in [1.29, 1.82) is 0 Å². The van der Waals surface area contributed by atoms with Crippen LogP contribution in [0.4, 0.5) is 13.2 Å². The molecular weight excluding hydrogens is 417 g/mol. The highest BCUT2D eigenvalue weighted by atomic mass is 19.2. The quantitative estimate of drug-likeness (QED) is 0.330. The van der Waals surface area contributed by atoms with Crippen LogP contribution in [0.5, 0.6) is 0 Å². The molecule has 3 aromatic rings. The van der Waals surface area contributed by atoms with Gasteiger partial charge in [-0.15, -0.1) is 0 Å². The first-order valence-corrected chi connectivity index (χ1v) is 12.0. The minimum Gasteiger partial charge on any atom is -0.206 e. The first-order valence-electron chi connectivity index (χ1n) is 12.0. The van der Waals surface area contributed by atoms with Crippen LogP contribution in [0, 0.1) is 30.3 Å². The molecule has 0 unspecified atom stereocenters. The third kappa shape index (κ3) is 5.40. The van der Waals surface area contributed by atoms with Crippen LogP contribution in [0.1, 0.15) is 73.6 Å². The van der Waals surface area contributed by atoms with Gasteiger partial charge in [0, 0.05) is 11.1 Å². The molecule has 0 saturated heterocycles. The highest BCUT2D eigenvalue weighted by Gasteiger charge is 2.26. The van der Waals surface area contributed by atoms with E-state index in [1.165, 1.54) is 18.9 Å². The van der Waals surface area contributed by atoms with Gasteiger partial charge in [0.1, 0.15) is 5.82 Å². The topological polar surface area (TPSA) is 0 Å². The standard InChI is InChI=1S/C30H31F3/c1-3-4-21-6-12-23(13-7-21)26-17-18-27(30(33)29(26)32)24-14-8-22(9-15-24)10-16-25-11-5-20(2)19-28(25)31/h5,8-11,14-19,21,23H,3-4,6-7,12-13H2,1-2H3. The van der Waals surface area contributed by atoms with E-state index in [1.54, 1.807) is 36.4 Å². The van der Waals surface area contributed by atoms with Crippen LogP contribution in [-0.2, 0) is 0 Å². The van der Waals surface area contributed by atoms with E-state index in [4.69, 9.17) is 0 Å². The lowest BCUT2D eigenvalue weighted by Crippen LogP contribution is -2.14. The molecule has 33 heavy (non-hydrogen) atoms. The lowest BCUT2D eigenvalue weighted by molar-refractivity contribution is 0.303. The Balaban J connectivity index is 1.49. The van der Waals surface area contributed by atoms with Crippen LogP contribution in [0.2, 0.25) is 0 Å². The second kappa shape index (κ2) is 10.4. The van der Waals surface area contributed by atoms with Gasteiger partial charge in [-0.2, -0.15) is 0 Å². The number of halogens is 3. The second-order valence-electron chi connectivity index (χ2n) is 9.32. The van der Waals surface area contributed by atoms with Gasteiger partial charge in [0.15, 0.2) is 11.6 Å². The Bertz CT molecular complexity index is 1120. The zero-order chi connectivity index (χ0) is 23.4. The van der Waals surface area contributed by atoms with Gasteiger partial charge >= 0.3 is 0 Å². The van der Waals surface area contributed by atoms with Gasteiger partial charge < -0.3 is 0 Å². The van der Waals surface area contributed by atoms with Crippen LogP contribution < -0.4 is 0 Å². The fourth-order valence-corrected chi connectivity index (χ4v) is 5.00. The predicted molar refractivity (Wildman–Crippen MR) is 131 cm³/mol. The van der Waals surface area contributed by atoms with Crippen LogP contribution in [0.25, 0.3) is 23.3 Å². The fourth-order valence-electron chi connectivity index (χ4n) is 5.00. The summed E-state index contributed by atoms with van der Waals surface area (Å²) in [5, 5.41) is 0. The van der Waals surface area contributed by atoms with Crippen molar-refractivity contribution >= 4 is 12.2 Å². The predicted octanol–water partition coefficient (Wildman–Crippen LogP) is 9.32. The fraction of sp³-hybridized carbons (Fsp3) is 0.333. The van der Waals surface area contributed by atoms with Crippen molar-refractivity contribution in [1.82, 2.24) is 0 Å². The highest BCUT2D eigenvalue weighted by molar-refractivity contribution is 5.72. The van der Waals surface area contributed by atoms with Crippen molar-refractivity contribution in [2.75, 3.05) is 0 Å². The molecule has 0 atom stereocenters. The van der Waals surface area contributed by atoms with Crippen LogP contribution in [0.3, 0.4) is 0 Å². The average molecular weight is 449 g/mol. The Labute approximate surface area is 195 Å². The zero-order valence-corrected chi connectivity index (χ0v) is 19.4. The lowest BCUT2D eigenvalue weighted by Gasteiger charge is -2.29. The average Bonchev–Trinajstić information content (AvgIpc) is 2.82. The number of rotatable bonds is 6. The first-order chi connectivity index (χ1) is 16.0. The Morgan fingerprint density at radius 2 is 1.55 bits per heavy atom. The van der Waals surface area contributed by atoms with E-state index in [0.717, 1.165) is 42.7 Å². The van der Waals surface area contributed by atoms with E-state index in [1.807, 2.05) is 31.2 Å². The molecule has 1 saturated carbocycles. The molecule has 1 aliphatic carbocycles. The minimum absolute atomic E-state index is 0.108. The monoisotopic (exact) mass is 448 g/mol. The maximum atomic E-state index is 15.0. The summed E-state index contributed by atoms with van der Waals surface area (Å²) in [6.45, 7) is 4.05. The maximum absolute atomic E-state index is 15.0. The van der Waals surface area contributed by atoms with E-state index in [9.17, 15) is 4.39 Å². The van der Waals surface area contributed by atoms with Crippen molar-refractivity contribution in [2.24, 2.45) is 5.92 Å². The summed E-state index contributed by atoms with van der Waals surface area (Å²) in [5.74, 6) is -0.900. The summed E-state index contributed by atoms with van der Waals surface area (Å²) < 4.78 is 44.0. The molecule has 3 aromatic carbocycles. The second-order valence-corrected chi connectivity index (χ2v) is 9.32. The summed E-state index contributed by atoms with van der Waals surface area (Å²) in [6, 6.07) is 15.8. The zero-order valence-electron chi connectivity index (χ0n) is 19.4. The molecular formula is C30H31F3. The van der Waals surface area contributed by atoms with E-state index in [0.29, 0.717) is 16.7 Å². The molecule has 0 amide bonds. The van der Waals surface area contributed by atoms with Crippen LogP contribution >= 0.6 is 0 Å². The molecule has 0 radical (unpaired) electrons. The third-order valence-electron chi connectivity index (χ3n) is 6.93. The summed E-state index contributed by atoms with van der Waals surface area (Å²) in [6.07, 6.45) is 10.0. The molecule has 0 bridgehead atoms. The normalized spacial score (nSPS) is 18.7. The number of aryl methyl sites for hydroxylation is 1. The van der Waals surface area contributed by atoms with Gasteiger partial charge in [0.2, 0.25) is 0 Å². The molecule has 0 N–H and O–H groups in total.